The summed E-state index contributed by atoms with van der Waals surface area (Å²) in [6.45, 7) is 2.12. The lowest BCUT2D eigenvalue weighted by Gasteiger charge is -2.14. The van der Waals surface area contributed by atoms with Crippen molar-refractivity contribution in [2.24, 2.45) is 5.73 Å². The van der Waals surface area contributed by atoms with Crippen LogP contribution in [0.1, 0.15) is 5.56 Å². The first-order chi connectivity index (χ1) is 8.08. The summed E-state index contributed by atoms with van der Waals surface area (Å²) in [4.78, 5) is 11.7. The Balaban J connectivity index is 2.79. The molecule has 1 aromatic rings. The van der Waals surface area contributed by atoms with Gasteiger partial charge in [0.2, 0.25) is 5.91 Å². The van der Waals surface area contributed by atoms with Gasteiger partial charge < -0.3 is 20.5 Å². The standard InChI is InChI=1S/C12H18N2O3/c1-8-4-5-11(17-3)10(6-8)14-12(15)9(13)7-16-2/h4-6,9H,7,13H2,1-3H3,(H,14,15). The number of carbonyl (C=O) groups is 1. The van der Waals surface area contributed by atoms with E-state index in [0.717, 1.165) is 5.56 Å². The topological polar surface area (TPSA) is 73.6 Å². The van der Waals surface area contributed by atoms with E-state index in [9.17, 15) is 4.79 Å². The van der Waals surface area contributed by atoms with Crippen molar-refractivity contribution in [2.45, 2.75) is 13.0 Å². The number of hydrogen-bond donors (Lipinski definition) is 2. The maximum Gasteiger partial charge on any atom is 0.243 e. The second kappa shape index (κ2) is 6.22. The molecule has 0 aromatic heterocycles. The summed E-state index contributed by atoms with van der Waals surface area (Å²) in [5.74, 6) is 0.310. The number of nitrogens with two attached hydrogens (primary N) is 1. The number of benzene rings is 1. The molecule has 1 atom stereocenters. The molecular formula is C12H18N2O3. The van der Waals surface area contributed by atoms with Crippen molar-refractivity contribution in [3.8, 4) is 5.75 Å². The molecule has 1 aromatic carbocycles. The number of methoxy groups -OCH3 is 2. The summed E-state index contributed by atoms with van der Waals surface area (Å²) in [5, 5.41) is 2.72. The van der Waals surface area contributed by atoms with E-state index < -0.39 is 6.04 Å². The number of carbonyl (C=O) groups excluding carboxylic acids is 1. The zero-order valence-electron chi connectivity index (χ0n) is 10.3. The van der Waals surface area contributed by atoms with Crippen LogP contribution in [0.3, 0.4) is 0 Å². The molecule has 0 aliphatic carbocycles. The van der Waals surface area contributed by atoms with Crippen molar-refractivity contribution in [3.63, 3.8) is 0 Å². The van der Waals surface area contributed by atoms with Crippen molar-refractivity contribution >= 4 is 11.6 Å². The van der Waals surface area contributed by atoms with Crippen LogP contribution in [0, 0.1) is 6.92 Å². The number of amides is 1. The predicted molar refractivity (Wildman–Crippen MR) is 66.2 cm³/mol. The average Bonchev–Trinajstić information content (AvgIpc) is 2.29. The van der Waals surface area contributed by atoms with Crippen LogP contribution in [-0.4, -0.2) is 32.8 Å². The lowest BCUT2D eigenvalue weighted by atomic mass is 10.2. The Bertz CT molecular complexity index is 393. The van der Waals surface area contributed by atoms with Crippen LogP contribution < -0.4 is 15.8 Å². The molecule has 0 saturated carbocycles. The van der Waals surface area contributed by atoms with Crippen LogP contribution in [0.25, 0.3) is 0 Å². The molecule has 0 aliphatic heterocycles. The fourth-order valence-corrected chi connectivity index (χ4v) is 1.40. The highest BCUT2D eigenvalue weighted by molar-refractivity contribution is 5.96. The molecule has 0 saturated heterocycles. The molecule has 0 bridgehead atoms. The molecule has 0 radical (unpaired) electrons. The molecular weight excluding hydrogens is 220 g/mol. The monoisotopic (exact) mass is 238 g/mol. The van der Waals surface area contributed by atoms with Gasteiger partial charge in [0, 0.05) is 7.11 Å². The molecule has 1 unspecified atom stereocenters. The lowest BCUT2D eigenvalue weighted by Crippen LogP contribution is -2.39. The van der Waals surface area contributed by atoms with Gasteiger partial charge in [-0.15, -0.1) is 0 Å². The van der Waals surface area contributed by atoms with E-state index in [1.165, 1.54) is 7.11 Å². The largest absolute Gasteiger partial charge is 0.495 e. The first kappa shape index (κ1) is 13.5. The smallest absolute Gasteiger partial charge is 0.243 e. The Morgan fingerprint density at radius 1 is 1.47 bits per heavy atom. The van der Waals surface area contributed by atoms with Gasteiger partial charge in [-0.3, -0.25) is 4.79 Å². The SMILES string of the molecule is COCC(N)C(=O)Nc1cc(C)ccc1OC. The lowest BCUT2D eigenvalue weighted by molar-refractivity contribution is -0.118. The van der Waals surface area contributed by atoms with Crippen LogP contribution in [0.15, 0.2) is 18.2 Å². The van der Waals surface area contributed by atoms with E-state index in [4.69, 9.17) is 15.2 Å². The van der Waals surface area contributed by atoms with Crippen LogP contribution in [0.4, 0.5) is 5.69 Å². The van der Waals surface area contributed by atoms with Crippen LogP contribution in [0.5, 0.6) is 5.75 Å². The van der Waals surface area contributed by atoms with Gasteiger partial charge in [-0.1, -0.05) is 6.07 Å². The van der Waals surface area contributed by atoms with E-state index >= 15 is 0 Å². The molecule has 0 spiro atoms. The second-order valence-electron chi connectivity index (χ2n) is 3.75. The Hall–Kier alpha value is -1.59. The van der Waals surface area contributed by atoms with Crippen molar-refractivity contribution in [3.05, 3.63) is 23.8 Å². The van der Waals surface area contributed by atoms with E-state index in [1.807, 2.05) is 19.1 Å². The van der Waals surface area contributed by atoms with Gasteiger partial charge in [0.05, 0.1) is 19.4 Å². The highest BCUT2D eigenvalue weighted by atomic mass is 16.5. The van der Waals surface area contributed by atoms with Crippen LogP contribution in [-0.2, 0) is 9.53 Å². The third-order valence-corrected chi connectivity index (χ3v) is 2.30. The number of ether oxygens (including phenoxy) is 2. The van der Waals surface area contributed by atoms with E-state index in [-0.39, 0.29) is 12.5 Å². The summed E-state index contributed by atoms with van der Waals surface area (Å²) in [7, 11) is 3.05. The minimum absolute atomic E-state index is 0.181. The summed E-state index contributed by atoms with van der Waals surface area (Å²) < 4.78 is 9.98. The number of anilines is 1. The quantitative estimate of drug-likeness (QED) is 0.800. The van der Waals surface area contributed by atoms with Gasteiger partial charge in [0.25, 0.3) is 0 Å². The molecule has 94 valence electrons. The van der Waals surface area contributed by atoms with Gasteiger partial charge >= 0.3 is 0 Å². The van der Waals surface area contributed by atoms with Crippen LogP contribution >= 0.6 is 0 Å². The third kappa shape index (κ3) is 3.72. The van der Waals surface area contributed by atoms with Crippen LogP contribution in [0.2, 0.25) is 0 Å². The first-order valence-electron chi connectivity index (χ1n) is 5.28. The van der Waals surface area contributed by atoms with Crippen molar-refractivity contribution in [2.75, 3.05) is 26.1 Å². The Labute approximate surface area is 101 Å². The average molecular weight is 238 g/mol. The Morgan fingerprint density at radius 3 is 2.76 bits per heavy atom. The maximum atomic E-state index is 11.7. The number of hydrogen-bond acceptors (Lipinski definition) is 4. The Morgan fingerprint density at radius 2 is 2.18 bits per heavy atom. The molecule has 0 heterocycles. The van der Waals surface area contributed by atoms with Crippen molar-refractivity contribution in [1.29, 1.82) is 0 Å². The van der Waals surface area contributed by atoms with Crippen molar-refractivity contribution in [1.82, 2.24) is 0 Å². The van der Waals surface area contributed by atoms with E-state index in [0.29, 0.717) is 11.4 Å². The minimum atomic E-state index is -0.690. The first-order valence-corrected chi connectivity index (χ1v) is 5.28. The zero-order chi connectivity index (χ0) is 12.8. The number of aryl methyl sites for hydroxylation is 1. The molecule has 17 heavy (non-hydrogen) atoms. The number of rotatable bonds is 5. The molecule has 5 nitrogen and oxygen atoms in total. The second-order valence-corrected chi connectivity index (χ2v) is 3.75. The molecule has 0 fully saturated rings. The van der Waals surface area contributed by atoms with Gasteiger partial charge in [0.1, 0.15) is 11.8 Å². The van der Waals surface area contributed by atoms with Gasteiger partial charge in [-0.05, 0) is 24.6 Å². The molecule has 3 N–H and O–H groups in total. The van der Waals surface area contributed by atoms with Gasteiger partial charge in [-0.2, -0.15) is 0 Å². The molecule has 5 heteroatoms. The summed E-state index contributed by atoms with van der Waals surface area (Å²) >= 11 is 0. The van der Waals surface area contributed by atoms with Gasteiger partial charge in [-0.25, -0.2) is 0 Å². The fraction of sp³-hybridized carbons (Fsp3) is 0.417. The fourth-order valence-electron chi connectivity index (χ4n) is 1.40. The minimum Gasteiger partial charge on any atom is -0.495 e. The predicted octanol–water partition coefficient (Wildman–Crippen LogP) is 0.916. The molecule has 0 aliphatic rings. The highest BCUT2D eigenvalue weighted by Gasteiger charge is 2.15. The molecule has 1 amide bonds. The summed E-state index contributed by atoms with van der Waals surface area (Å²) in [6, 6.07) is 4.84. The third-order valence-electron chi connectivity index (χ3n) is 2.30. The zero-order valence-corrected chi connectivity index (χ0v) is 10.3. The van der Waals surface area contributed by atoms with Crippen molar-refractivity contribution < 1.29 is 14.3 Å². The summed E-state index contributed by atoms with van der Waals surface area (Å²) in [5.41, 5.74) is 7.27. The van der Waals surface area contributed by atoms with E-state index in [1.54, 1.807) is 13.2 Å². The normalized spacial score (nSPS) is 12.0. The highest BCUT2D eigenvalue weighted by Crippen LogP contribution is 2.25. The maximum absolute atomic E-state index is 11.7. The summed E-state index contributed by atoms with van der Waals surface area (Å²) in [6.07, 6.45) is 0. The Kier molecular flexibility index (Phi) is 4.93. The number of nitrogens with one attached hydrogen (secondary N) is 1. The van der Waals surface area contributed by atoms with E-state index in [2.05, 4.69) is 5.32 Å². The van der Waals surface area contributed by atoms with Gasteiger partial charge in [0.15, 0.2) is 0 Å². The molecule has 1 rings (SSSR count).